The van der Waals surface area contributed by atoms with Crippen LogP contribution in [-0.4, -0.2) is 49.1 Å². The van der Waals surface area contributed by atoms with Gasteiger partial charge < -0.3 is 29.4 Å². The molecule has 3 heterocycles. The summed E-state index contributed by atoms with van der Waals surface area (Å²) >= 11 is 0. The van der Waals surface area contributed by atoms with E-state index in [1.54, 1.807) is 18.2 Å². The van der Waals surface area contributed by atoms with E-state index >= 15 is 0 Å². The Bertz CT molecular complexity index is 1680. The van der Waals surface area contributed by atoms with E-state index < -0.39 is 0 Å². The number of aromatic nitrogens is 1. The molecule has 1 saturated heterocycles. The molecule has 6 rings (SSSR count). The van der Waals surface area contributed by atoms with Gasteiger partial charge in [-0.3, -0.25) is 9.59 Å². The number of fused-ring (bicyclic) bond motifs is 1. The summed E-state index contributed by atoms with van der Waals surface area (Å²) in [6.07, 6.45) is 4.36. The number of furan rings is 1. The second-order valence-corrected chi connectivity index (χ2v) is 10.6. The molecular formula is C34H35N5O3. The molecule has 0 saturated carbocycles. The van der Waals surface area contributed by atoms with Gasteiger partial charge in [0.05, 0.1) is 17.6 Å². The summed E-state index contributed by atoms with van der Waals surface area (Å²) in [5.74, 6) is -0.300. The maximum Gasteiger partial charge on any atom is 0.291 e. The standard InChI is InChI=1S/C34H35N5O3/c1-25-8-2-4-10-29(25)38-19-21-39(22-20-38)31-14-13-27(24-28(31)36-34(41)32-12-6-23-42-32)33(40)35-16-7-17-37-18-15-26-9-3-5-11-30(26)37/h2-6,8-15,18,23-24H,7,16-17,19-22H2,1H3,(H,35,40)(H,36,41). The number of nitrogens with one attached hydrogen (secondary N) is 2. The Morgan fingerprint density at radius 2 is 1.57 bits per heavy atom. The van der Waals surface area contributed by atoms with Gasteiger partial charge in [0.15, 0.2) is 5.76 Å². The monoisotopic (exact) mass is 561 g/mol. The molecule has 8 heteroatoms. The van der Waals surface area contributed by atoms with Crippen molar-refractivity contribution in [1.82, 2.24) is 9.88 Å². The van der Waals surface area contributed by atoms with Crippen molar-refractivity contribution in [1.29, 1.82) is 0 Å². The lowest BCUT2D eigenvalue weighted by Crippen LogP contribution is -2.47. The summed E-state index contributed by atoms with van der Waals surface area (Å²) in [5.41, 5.74) is 5.67. The molecule has 0 bridgehead atoms. The molecule has 0 radical (unpaired) electrons. The molecule has 2 amide bonds. The molecule has 0 unspecified atom stereocenters. The number of nitrogens with zero attached hydrogens (tertiary/aromatic N) is 3. The third kappa shape index (κ3) is 5.88. The van der Waals surface area contributed by atoms with Gasteiger partial charge in [-0.25, -0.2) is 0 Å². The molecule has 1 fully saturated rings. The van der Waals surface area contributed by atoms with Gasteiger partial charge in [0, 0.05) is 62.2 Å². The summed E-state index contributed by atoms with van der Waals surface area (Å²) in [6.45, 7) is 6.78. The molecule has 0 aliphatic carbocycles. The van der Waals surface area contributed by atoms with Crippen LogP contribution in [0, 0.1) is 6.92 Å². The number of piperazine rings is 1. The average Bonchev–Trinajstić information content (AvgIpc) is 3.71. The van der Waals surface area contributed by atoms with Gasteiger partial charge in [0.2, 0.25) is 0 Å². The molecule has 214 valence electrons. The Balaban J connectivity index is 1.13. The van der Waals surface area contributed by atoms with Crippen LogP contribution in [0.4, 0.5) is 17.1 Å². The van der Waals surface area contributed by atoms with Crippen LogP contribution in [0.5, 0.6) is 0 Å². The topological polar surface area (TPSA) is 82.8 Å². The smallest absolute Gasteiger partial charge is 0.291 e. The molecular weight excluding hydrogens is 526 g/mol. The first-order valence-electron chi connectivity index (χ1n) is 14.4. The van der Waals surface area contributed by atoms with E-state index in [0.717, 1.165) is 44.8 Å². The number of carbonyl (C=O) groups is 2. The van der Waals surface area contributed by atoms with Crippen LogP contribution < -0.4 is 20.4 Å². The normalized spacial score (nSPS) is 13.4. The fourth-order valence-corrected chi connectivity index (χ4v) is 5.64. The van der Waals surface area contributed by atoms with Crippen molar-refractivity contribution in [3.8, 4) is 0 Å². The van der Waals surface area contributed by atoms with Gasteiger partial charge in [0.1, 0.15) is 0 Å². The number of carbonyl (C=O) groups excluding carboxylic acids is 2. The largest absolute Gasteiger partial charge is 0.459 e. The number of para-hydroxylation sites is 2. The lowest BCUT2D eigenvalue weighted by Gasteiger charge is -2.38. The van der Waals surface area contributed by atoms with Gasteiger partial charge in [-0.15, -0.1) is 0 Å². The fraction of sp³-hybridized carbons (Fsp3) is 0.235. The number of amides is 2. The first kappa shape index (κ1) is 27.2. The van der Waals surface area contributed by atoms with Crippen molar-refractivity contribution in [3.05, 3.63) is 114 Å². The maximum absolute atomic E-state index is 13.1. The highest BCUT2D eigenvalue weighted by atomic mass is 16.3. The molecule has 1 aliphatic rings. The average molecular weight is 562 g/mol. The van der Waals surface area contributed by atoms with E-state index in [9.17, 15) is 9.59 Å². The van der Waals surface area contributed by atoms with E-state index in [2.05, 4.69) is 80.6 Å². The molecule has 8 nitrogen and oxygen atoms in total. The summed E-state index contributed by atoms with van der Waals surface area (Å²) in [4.78, 5) is 30.7. The first-order valence-corrected chi connectivity index (χ1v) is 14.4. The van der Waals surface area contributed by atoms with E-state index in [1.165, 1.54) is 28.4 Å². The lowest BCUT2D eigenvalue weighted by atomic mass is 10.1. The fourth-order valence-electron chi connectivity index (χ4n) is 5.64. The van der Waals surface area contributed by atoms with Crippen molar-refractivity contribution in [2.75, 3.05) is 47.8 Å². The third-order valence-electron chi connectivity index (χ3n) is 7.87. The zero-order valence-corrected chi connectivity index (χ0v) is 23.8. The minimum Gasteiger partial charge on any atom is -0.459 e. The van der Waals surface area contributed by atoms with Crippen LogP contribution in [0.25, 0.3) is 10.9 Å². The van der Waals surface area contributed by atoms with E-state index in [0.29, 0.717) is 17.8 Å². The van der Waals surface area contributed by atoms with Gasteiger partial charge in [0.25, 0.3) is 11.8 Å². The Labute approximate surface area is 245 Å². The second kappa shape index (κ2) is 12.3. The van der Waals surface area contributed by atoms with Crippen molar-refractivity contribution in [2.24, 2.45) is 0 Å². The second-order valence-electron chi connectivity index (χ2n) is 10.6. The van der Waals surface area contributed by atoms with Crippen LogP contribution >= 0.6 is 0 Å². The Hall–Kier alpha value is -4.98. The molecule has 5 aromatic rings. The number of hydrogen-bond donors (Lipinski definition) is 2. The van der Waals surface area contributed by atoms with Gasteiger partial charge >= 0.3 is 0 Å². The highest BCUT2D eigenvalue weighted by Gasteiger charge is 2.23. The van der Waals surface area contributed by atoms with Crippen molar-refractivity contribution >= 4 is 39.8 Å². The highest BCUT2D eigenvalue weighted by Crippen LogP contribution is 2.30. The zero-order valence-electron chi connectivity index (χ0n) is 23.8. The number of aryl methyl sites for hydroxylation is 2. The van der Waals surface area contributed by atoms with E-state index in [1.807, 2.05) is 24.3 Å². The van der Waals surface area contributed by atoms with Gasteiger partial charge in [-0.2, -0.15) is 0 Å². The minimum absolute atomic E-state index is 0.170. The Morgan fingerprint density at radius 3 is 2.36 bits per heavy atom. The molecule has 42 heavy (non-hydrogen) atoms. The SMILES string of the molecule is Cc1ccccc1N1CCN(c2ccc(C(=O)NCCCn3ccc4ccccc43)cc2NC(=O)c2ccco2)CC1. The predicted molar refractivity (Wildman–Crippen MR) is 168 cm³/mol. The Kier molecular flexibility index (Phi) is 7.94. The number of anilines is 3. The summed E-state index contributed by atoms with van der Waals surface area (Å²) in [6, 6.07) is 27.7. The molecule has 2 N–H and O–H groups in total. The molecule has 2 aromatic heterocycles. The summed E-state index contributed by atoms with van der Waals surface area (Å²) in [5, 5.41) is 7.24. The quantitative estimate of drug-likeness (QED) is 0.218. The van der Waals surface area contributed by atoms with Crippen molar-refractivity contribution in [2.45, 2.75) is 19.9 Å². The van der Waals surface area contributed by atoms with E-state index in [4.69, 9.17) is 4.42 Å². The third-order valence-corrected chi connectivity index (χ3v) is 7.87. The highest BCUT2D eigenvalue weighted by molar-refractivity contribution is 6.05. The zero-order chi connectivity index (χ0) is 28.9. The van der Waals surface area contributed by atoms with Gasteiger partial charge in [-0.05, 0) is 72.8 Å². The number of hydrogen-bond acceptors (Lipinski definition) is 5. The molecule has 1 aliphatic heterocycles. The summed E-state index contributed by atoms with van der Waals surface area (Å²) in [7, 11) is 0. The molecule has 3 aromatic carbocycles. The summed E-state index contributed by atoms with van der Waals surface area (Å²) < 4.78 is 7.52. The van der Waals surface area contributed by atoms with Gasteiger partial charge in [-0.1, -0.05) is 36.4 Å². The number of benzene rings is 3. The van der Waals surface area contributed by atoms with Crippen LogP contribution in [0.2, 0.25) is 0 Å². The molecule has 0 atom stereocenters. The van der Waals surface area contributed by atoms with Crippen LogP contribution in [0.1, 0.15) is 32.9 Å². The van der Waals surface area contributed by atoms with Crippen LogP contribution in [0.15, 0.2) is 102 Å². The predicted octanol–water partition coefficient (Wildman–Crippen LogP) is 5.94. The maximum atomic E-state index is 13.1. The minimum atomic E-state index is -0.351. The van der Waals surface area contributed by atoms with Crippen molar-refractivity contribution < 1.29 is 14.0 Å². The lowest BCUT2D eigenvalue weighted by molar-refractivity contribution is 0.0950. The van der Waals surface area contributed by atoms with Crippen LogP contribution in [0.3, 0.4) is 0 Å². The Morgan fingerprint density at radius 1 is 0.810 bits per heavy atom. The first-order chi connectivity index (χ1) is 20.6. The number of rotatable bonds is 9. The van der Waals surface area contributed by atoms with E-state index in [-0.39, 0.29) is 17.6 Å². The molecule has 0 spiro atoms. The van der Waals surface area contributed by atoms with Crippen molar-refractivity contribution in [3.63, 3.8) is 0 Å². The van der Waals surface area contributed by atoms with Crippen LogP contribution in [-0.2, 0) is 6.54 Å².